The first-order valence-corrected chi connectivity index (χ1v) is 22.8. The van der Waals surface area contributed by atoms with Crippen LogP contribution in [0, 0.1) is 11.6 Å². The third-order valence-corrected chi connectivity index (χ3v) is 12.0. The molecule has 7 amide bonds. The summed E-state index contributed by atoms with van der Waals surface area (Å²) in [6.45, 7) is 3.78. The predicted octanol–water partition coefficient (Wildman–Crippen LogP) is 2.04. The number of anilines is 2. The second-order valence-electron chi connectivity index (χ2n) is 16.8. The molecule has 2 fully saturated rings. The van der Waals surface area contributed by atoms with Gasteiger partial charge in [-0.3, -0.25) is 43.8 Å². The zero-order chi connectivity index (χ0) is 50.0. The first kappa shape index (κ1) is 54.0. The number of piperidine rings is 1. The standard InChI is InChI=1S/C48H55F2N7O13.H2S/c1-54(38-5-3-4-35-41(38)45(62)57(43(35)60)39-8-9-40(58)53-42(39)59)12-14-66-16-18-68-20-22-70-23-21-69-19-17-67-15-13-55(2)44(61)37-27-31-26-34(6-7-36(31)52-37)56-11-10-48(65,47(56)64)46(63)51-29-30-24-32(49)28-33(50)25-30;/h3-7,24-28,39,52,65H,8-23,29H2,1-2H3,(H,51,63)(H,53,58,59);1H2/t39?,48-;/m0./s1. The number of nitrogens with zero attached hydrogens (tertiary/aromatic N) is 4. The number of aromatic nitrogens is 1. The smallest absolute Gasteiger partial charge is 0.270 e. The van der Waals surface area contributed by atoms with Gasteiger partial charge in [0.05, 0.1) is 82.9 Å². The van der Waals surface area contributed by atoms with E-state index in [0.717, 1.165) is 17.0 Å². The van der Waals surface area contributed by atoms with Crippen LogP contribution >= 0.6 is 13.5 Å². The number of hydrogen-bond donors (Lipinski definition) is 4. The van der Waals surface area contributed by atoms with Crippen molar-refractivity contribution in [3.05, 3.63) is 94.7 Å². The summed E-state index contributed by atoms with van der Waals surface area (Å²) in [5.74, 6) is -5.98. The number of benzene rings is 3. The van der Waals surface area contributed by atoms with Crippen molar-refractivity contribution in [2.45, 2.75) is 37.5 Å². The summed E-state index contributed by atoms with van der Waals surface area (Å²) in [5.41, 5.74) is 0.0783. The van der Waals surface area contributed by atoms with Gasteiger partial charge in [0.25, 0.3) is 29.5 Å². The molecule has 23 heteroatoms. The second kappa shape index (κ2) is 24.7. The molecule has 0 radical (unpaired) electrons. The van der Waals surface area contributed by atoms with E-state index in [1.54, 1.807) is 61.5 Å². The van der Waals surface area contributed by atoms with Crippen LogP contribution in [0.4, 0.5) is 20.2 Å². The fourth-order valence-corrected chi connectivity index (χ4v) is 8.23. The van der Waals surface area contributed by atoms with Gasteiger partial charge in [0.1, 0.15) is 23.4 Å². The molecular weight excluding hydrogens is 953 g/mol. The van der Waals surface area contributed by atoms with E-state index in [1.165, 1.54) is 9.80 Å². The molecule has 3 aliphatic rings. The van der Waals surface area contributed by atoms with E-state index < -0.39 is 58.7 Å². The molecular formula is C48H57F2N7O13S. The van der Waals surface area contributed by atoms with Crippen molar-refractivity contribution in [3.8, 4) is 0 Å². The zero-order valence-electron chi connectivity index (χ0n) is 39.3. The second-order valence-corrected chi connectivity index (χ2v) is 16.8. The van der Waals surface area contributed by atoms with Crippen molar-refractivity contribution in [3.63, 3.8) is 0 Å². The maximum Gasteiger partial charge on any atom is 0.270 e. The van der Waals surface area contributed by atoms with Crippen LogP contribution in [-0.4, -0.2) is 173 Å². The van der Waals surface area contributed by atoms with E-state index >= 15 is 0 Å². The third-order valence-electron chi connectivity index (χ3n) is 12.0. The number of carbonyl (C=O) groups excluding carboxylic acids is 7. The van der Waals surface area contributed by atoms with Crippen molar-refractivity contribution < 1.29 is 71.1 Å². The number of H-pyrrole nitrogens is 1. The highest BCUT2D eigenvalue weighted by molar-refractivity contribution is 7.59. The van der Waals surface area contributed by atoms with Gasteiger partial charge in [-0.2, -0.15) is 13.5 Å². The van der Waals surface area contributed by atoms with E-state index in [2.05, 4.69) is 15.6 Å². The number of imide groups is 2. The largest absolute Gasteiger partial charge is 0.377 e. The maximum atomic E-state index is 13.6. The number of nitrogens with one attached hydrogen (secondary N) is 3. The summed E-state index contributed by atoms with van der Waals surface area (Å²) in [7, 11) is 3.42. The lowest BCUT2D eigenvalue weighted by atomic mass is 10.0. The number of halogens is 2. The van der Waals surface area contributed by atoms with Crippen LogP contribution in [0.5, 0.6) is 0 Å². The summed E-state index contributed by atoms with van der Waals surface area (Å²) in [5, 5.41) is 16.3. The van der Waals surface area contributed by atoms with Crippen molar-refractivity contribution in [2.24, 2.45) is 0 Å². The highest BCUT2D eigenvalue weighted by atomic mass is 32.1. The van der Waals surface area contributed by atoms with Gasteiger partial charge in [-0.05, 0) is 60.5 Å². The Labute approximate surface area is 414 Å². The maximum absolute atomic E-state index is 13.6. The number of hydrogen-bond acceptors (Lipinski definition) is 14. The van der Waals surface area contributed by atoms with Crippen LogP contribution in [0.1, 0.15) is 56.0 Å². The molecule has 71 heavy (non-hydrogen) atoms. The molecule has 0 bridgehead atoms. The zero-order valence-corrected chi connectivity index (χ0v) is 40.3. The average Bonchev–Trinajstić information content (AvgIpc) is 3.98. The fraction of sp³-hybridized carbons (Fsp3) is 0.438. The van der Waals surface area contributed by atoms with Crippen LogP contribution in [0.3, 0.4) is 0 Å². The molecule has 1 unspecified atom stereocenters. The minimum atomic E-state index is -2.37. The molecule has 2 atom stereocenters. The molecule has 4 aromatic rings. The van der Waals surface area contributed by atoms with Gasteiger partial charge in [0.15, 0.2) is 0 Å². The molecule has 7 rings (SSSR count). The summed E-state index contributed by atoms with van der Waals surface area (Å²) in [6, 6.07) is 13.3. The highest BCUT2D eigenvalue weighted by Crippen LogP contribution is 2.34. The molecule has 0 saturated carbocycles. The summed E-state index contributed by atoms with van der Waals surface area (Å²) < 4.78 is 55.1. The van der Waals surface area contributed by atoms with E-state index in [9.17, 15) is 47.4 Å². The van der Waals surface area contributed by atoms with Gasteiger partial charge in [-0.1, -0.05) is 6.07 Å². The van der Waals surface area contributed by atoms with Crippen LogP contribution < -0.4 is 20.4 Å². The van der Waals surface area contributed by atoms with E-state index in [-0.39, 0.29) is 75.1 Å². The fourth-order valence-electron chi connectivity index (χ4n) is 8.23. The van der Waals surface area contributed by atoms with E-state index in [1.807, 2.05) is 0 Å². The SMILES string of the molecule is CN(CCOCCOCCOCCOCCOCCN(C)c1cccc2c1C(=O)N(C1CCC(=O)NC1=O)C2=O)C(=O)c1cc2cc(N3CC[C@](O)(C(=O)NCc4cc(F)cc(F)c4)C3=O)ccc2[nH]1.S. The number of aliphatic hydroxyl groups is 1. The van der Waals surface area contributed by atoms with Crippen LogP contribution in [0.25, 0.3) is 10.9 Å². The van der Waals surface area contributed by atoms with Crippen molar-refractivity contribution in [1.29, 1.82) is 0 Å². The lowest BCUT2D eigenvalue weighted by molar-refractivity contribution is -0.149. The van der Waals surface area contributed by atoms with E-state index in [4.69, 9.17) is 23.7 Å². The number of carbonyl (C=O) groups is 7. The molecule has 3 aromatic carbocycles. The topological polar surface area (TPSA) is 239 Å². The van der Waals surface area contributed by atoms with Crippen molar-refractivity contribution >= 4 is 77.1 Å². The van der Waals surface area contributed by atoms with Crippen LogP contribution in [0.2, 0.25) is 0 Å². The van der Waals surface area contributed by atoms with Gasteiger partial charge in [0.2, 0.25) is 17.4 Å². The monoisotopic (exact) mass is 1010 g/mol. The van der Waals surface area contributed by atoms with Crippen LogP contribution in [0.15, 0.2) is 60.7 Å². The minimum absolute atomic E-state index is 0. The predicted molar refractivity (Wildman–Crippen MR) is 256 cm³/mol. The van der Waals surface area contributed by atoms with E-state index in [0.29, 0.717) is 107 Å². The summed E-state index contributed by atoms with van der Waals surface area (Å²) >= 11 is 0. The van der Waals surface area contributed by atoms with Gasteiger partial charge in [-0.15, -0.1) is 0 Å². The molecule has 20 nitrogen and oxygen atoms in total. The first-order chi connectivity index (χ1) is 33.7. The molecule has 3 aliphatic heterocycles. The highest BCUT2D eigenvalue weighted by Gasteiger charge is 2.52. The number of rotatable bonds is 25. The minimum Gasteiger partial charge on any atom is -0.377 e. The summed E-state index contributed by atoms with van der Waals surface area (Å²) in [6.07, 6.45) is -0.0740. The molecule has 4 heterocycles. The Bertz CT molecular complexity index is 2600. The van der Waals surface area contributed by atoms with Gasteiger partial charge >= 0.3 is 0 Å². The molecule has 382 valence electrons. The van der Waals surface area contributed by atoms with Crippen LogP contribution in [-0.2, 0) is 49.4 Å². The Morgan fingerprint density at radius 1 is 0.803 bits per heavy atom. The Balaban J connectivity index is 0.00000825. The lowest BCUT2D eigenvalue weighted by Gasteiger charge is -2.28. The normalized spacial score (nSPS) is 17.7. The van der Waals surface area contributed by atoms with Crippen molar-refractivity contribution in [2.75, 3.05) is 110 Å². The lowest BCUT2D eigenvalue weighted by Crippen LogP contribution is -2.54. The number of fused-ring (bicyclic) bond motifs is 2. The Kier molecular flexibility index (Phi) is 18.8. The molecule has 1 aromatic heterocycles. The quantitative estimate of drug-likeness (QED) is 0.0423. The number of aromatic amines is 1. The number of ether oxygens (including phenoxy) is 5. The number of amides is 7. The van der Waals surface area contributed by atoms with Gasteiger partial charge in [0, 0.05) is 75.8 Å². The average molecular weight is 1010 g/mol. The molecule has 0 spiro atoms. The van der Waals surface area contributed by atoms with Gasteiger partial charge < -0.3 is 53.8 Å². The molecule has 0 aliphatic carbocycles. The Hall–Kier alpha value is -6.34. The third kappa shape index (κ3) is 13.0. The Morgan fingerprint density at radius 2 is 1.42 bits per heavy atom. The van der Waals surface area contributed by atoms with Gasteiger partial charge in [-0.25, -0.2) is 8.78 Å². The van der Waals surface area contributed by atoms with Crippen molar-refractivity contribution in [1.82, 2.24) is 25.4 Å². The summed E-state index contributed by atoms with van der Waals surface area (Å²) in [4.78, 5) is 98.5. The first-order valence-electron chi connectivity index (χ1n) is 22.8. The molecule has 2 saturated heterocycles. The Morgan fingerprint density at radius 3 is 2.06 bits per heavy atom. The molecule has 4 N–H and O–H groups in total. The number of likely N-dealkylation sites (N-methyl/N-ethyl adjacent to an activating group) is 2.